The maximum atomic E-state index is 11.7. The summed E-state index contributed by atoms with van der Waals surface area (Å²) in [5.74, 6) is -0.496. The van der Waals surface area contributed by atoms with Crippen molar-refractivity contribution in [3.05, 3.63) is 16.3 Å². The molecule has 0 aromatic carbocycles. The number of rotatable bonds is 8. The summed E-state index contributed by atoms with van der Waals surface area (Å²) in [7, 11) is 1.32. The number of nitrogens with two attached hydrogens (primary N) is 1. The second kappa shape index (κ2) is 8.66. The predicted molar refractivity (Wildman–Crippen MR) is 76.4 cm³/mol. The van der Waals surface area contributed by atoms with E-state index in [9.17, 15) is 9.59 Å². The Hall–Kier alpha value is -1.40. The van der Waals surface area contributed by atoms with Gasteiger partial charge in [-0.1, -0.05) is 12.8 Å². The molecule has 0 atom stereocenters. The third-order valence-corrected chi connectivity index (χ3v) is 3.56. The minimum Gasteiger partial charge on any atom is -0.465 e. The molecule has 0 unspecified atom stereocenters. The second-order valence-electron chi connectivity index (χ2n) is 4.16. The van der Waals surface area contributed by atoms with Gasteiger partial charge >= 0.3 is 5.97 Å². The third-order valence-electron chi connectivity index (χ3n) is 2.67. The van der Waals surface area contributed by atoms with E-state index in [1.165, 1.54) is 18.4 Å². The molecule has 0 bridgehead atoms. The van der Waals surface area contributed by atoms with Crippen molar-refractivity contribution in [1.29, 1.82) is 0 Å². The van der Waals surface area contributed by atoms with Gasteiger partial charge in [-0.2, -0.15) is 0 Å². The van der Waals surface area contributed by atoms with Crippen molar-refractivity contribution in [2.45, 2.75) is 32.1 Å². The summed E-state index contributed by atoms with van der Waals surface area (Å²) in [6.07, 6.45) is 4.34. The second-order valence-corrected chi connectivity index (χ2v) is 5.07. The van der Waals surface area contributed by atoms with E-state index in [-0.39, 0.29) is 5.91 Å². The molecule has 0 radical (unpaired) electrons. The molecule has 0 aliphatic carbocycles. The minimum absolute atomic E-state index is 0.0729. The molecular formula is C13H20N2O3S. The highest BCUT2D eigenvalue weighted by atomic mass is 32.1. The van der Waals surface area contributed by atoms with E-state index in [1.54, 1.807) is 11.4 Å². The zero-order valence-electron chi connectivity index (χ0n) is 11.1. The summed E-state index contributed by atoms with van der Waals surface area (Å²) in [5.41, 5.74) is 5.93. The normalized spacial score (nSPS) is 10.2. The number of unbranched alkanes of at least 4 members (excludes halogenated alkanes) is 3. The van der Waals surface area contributed by atoms with Gasteiger partial charge in [0.15, 0.2) is 0 Å². The SMILES string of the molecule is COC(=O)c1sccc1NC(=O)CCCCCCN. The Morgan fingerprint density at radius 3 is 2.74 bits per heavy atom. The molecule has 0 fully saturated rings. The Bertz CT molecular complexity index is 418. The molecule has 1 rings (SSSR count). The van der Waals surface area contributed by atoms with Crippen LogP contribution in [0.3, 0.4) is 0 Å². The quantitative estimate of drug-likeness (QED) is 0.567. The number of carbonyl (C=O) groups excluding carboxylic acids is 2. The fraction of sp³-hybridized carbons (Fsp3) is 0.538. The van der Waals surface area contributed by atoms with E-state index >= 15 is 0 Å². The van der Waals surface area contributed by atoms with Crippen LogP contribution < -0.4 is 11.1 Å². The van der Waals surface area contributed by atoms with Crippen molar-refractivity contribution in [2.24, 2.45) is 5.73 Å². The number of anilines is 1. The molecule has 0 saturated carbocycles. The Kier molecular flexibility index (Phi) is 7.14. The number of carbonyl (C=O) groups is 2. The molecule has 1 amide bonds. The Balaban J connectivity index is 2.36. The van der Waals surface area contributed by atoms with Gasteiger partial charge < -0.3 is 15.8 Å². The lowest BCUT2D eigenvalue weighted by Gasteiger charge is -2.05. The topological polar surface area (TPSA) is 81.4 Å². The highest BCUT2D eigenvalue weighted by molar-refractivity contribution is 7.12. The summed E-state index contributed by atoms with van der Waals surface area (Å²) in [6.45, 7) is 0.698. The van der Waals surface area contributed by atoms with E-state index in [2.05, 4.69) is 10.1 Å². The maximum absolute atomic E-state index is 11.7. The molecule has 19 heavy (non-hydrogen) atoms. The number of nitrogens with one attached hydrogen (secondary N) is 1. The predicted octanol–water partition coefficient (Wildman–Crippen LogP) is 2.38. The number of thiophene rings is 1. The van der Waals surface area contributed by atoms with Crippen LogP contribution in [0.1, 0.15) is 41.8 Å². The Labute approximate surface area is 117 Å². The van der Waals surface area contributed by atoms with Crippen LogP contribution in [-0.4, -0.2) is 25.5 Å². The van der Waals surface area contributed by atoms with E-state index in [1.807, 2.05) is 0 Å². The van der Waals surface area contributed by atoms with Gasteiger partial charge in [-0.05, 0) is 30.8 Å². The van der Waals surface area contributed by atoms with Crippen molar-refractivity contribution < 1.29 is 14.3 Å². The van der Waals surface area contributed by atoms with E-state index in [0.717, 1.165) is 25.7 Å². The summed E-state index contributed by atoms with van der Waals surface area (Å²) >= 11 is 1.26. The number of amides is 1. The van der Waals surface area contributed by atoms with Crippen molar-refractivity contribution in [3.8, 4) is 0 Å². The van der Waals surface area contributed by atoms with Crippen LogP contribution in [-0.2, 0) is 9.53 Å². The van der Waals surface area contributed by atoms with Crippen molar-refractivity contribution in [3.63, 3.8) is 0 Å². The van der Waals surface area contributed by atoms with E-state index in [0.29, 0.717) is 23.5 Å². The number of esters is 1. The number of hydrogen-bond acceptors (Lipinski definition) is 5. The van der Waals surface area contributed by atoms with Crippen LogP contribution in [0.4, 0.5) is 5.69 Å². The van der Waals surface area contributed by atoms with Crippen molar-refractivity contribution in [1.82, 2.24) is 0 Å². The Morgan fingerprint density at radius 1 is 1.32 bits per heavy atom. The molecule has 1 heterocycles. The minimum atomic E-state index is -0.423. The molecular weight excluding hydrogens is 264 g/mol. The number of methoxy groups -OCH3 is 1. The summed E-state index contributed by atoms with van der Waals surface area (Å²) in [4.78, 5) is 23.6. The van der Waals surface area contributed by atoms with Crippen LogP contribution in [0.5, 0.6) is 0 Å². The fourth-order valence-corrected chi connectivity index (χ4v) is 2.42. The van der Waals surface area contributed by atoms with Crippen LogP contribution >= 0.6 is 11.3 Å². The fourth-order valence-electron chi connectivity index (χ4n) is 1.65. The molecule has 5 nitrogen and oxygen atoms in total. The lowest BCUT2D eigenvalue weighted by atomic mass is 10.1. The first-order valence-electron chi connectivity index (χ1n) is 6.34. The number of ether oxygens (including phenoxy) is 1. The van der Waals surface area contributed by atoms with Gasteiger partial charge in [0, 0.05) is 6.42 Å². The highest BCUT2D eigenvalue weighted by Crippen LogP contribution is 2.23. The molecule has 0 aliphatic rings. The summed E-state index contributed by atoms with van der Waals surface area (Å²) in [6, 6.07) is 1.71. The Morgan fingerprint density at radius 2 is 2.05 bits per heavy atom. The zero-order chi connectivity index (χ0) is 14.1. The van der Waals surface area contributed by atoms with Crippen LogP contribution in [0.2, 0.25) is 0 Å². The van der Waals surface area contributed by atoms with Gasteiger partial charge in [0.05, 0.1) is 12.8 Å². The van der Waals surface area contributed by atoms with Gasteiger partial charge in [-0.3, -0.25) is 4.79 Å². The first-order valence-corrected chi connectivity index (χ1v) is 7.22. The molecule has 0 spiro atoms. The highest BCUT2D eigenvalue weighted by Gasteiger charge is 2.15. The lowest BCUT2D eigenvalue weighted by Crippen LogP contribution is -2.13. The van der Waals surface area contributed by atoms with Crippen molar-refractivity contribution in [2.75, 3.05) is 19.0 Å². The molecule has 106 valence electrons. The summed E-state index contributed by atoms with van der Waals surface area (Å²) < 4.78 is 4.65. The number of hydrogen-bond donors (Lipinski definition) is 2. The van der Waals surface area contributed by atoms with Gasteiger partial charge in [-0.15, -0.1) is 11.3 Å². The zero-order valence-corrected chi connectivity index (χ0v) is 11.9. The van der Waals surface area contributed by atoms with Gasteiger partial charge in [-0.25, -0.2) is 4.79 Å². The summed E-state index contributed by atoms with van der Waals surface area (Å²) in [5, 5.41) is 4.50. The molecule has 0 aliphatic heterocycles. The standard InChI is InChI=1S/C13H20N2O3S/c1-18-13(17)12-10(7-9-19-12)15-11(16)6-4-2-3-5-8-14/h7,9H,2-6,8,14H2,1H3,(H,15,16). The van der Waals surface area contributed by atoms with Gasteiger partial charge in [0.2, 0.25) is 5.91 Å². The average molecular weight is 284 g/mol. The van der Waals surface area contributed by atoms with Crippen LogP contribution in [0.15, 0.2) is 11.4 Å². The third kappa shape index (κ3) is 5.40. The van der Waals surface area contributed by atoms with Gasteiger partial charge in [0.1, 0.15) is 4.88 Å². The largest absolute Gasteiger partial charge is 0.465 e. The maximum Gasteiger partial charge on any atom is 0.350 e. The van der Waals surface area contributed by atoms with E-state index < -0.39 is 5.97 Å². The first-order chi connectivity index (χ1) is 9.19. The van der Waals surface area contributed by atoms with Crippen molar-refractivity contribution >= 4 is 28.9 Å². The van der Waals surface area contributed by atoms with E-state index in [4.69, 9.17) is 5.73 Å². The molecule has 1 aromatic rings. The lowest BCUT2D eigenvalue weighted by molar-refractivity contribution is -0.116. The van der Waals surface area contributed by atoms with Crippen LogP contribution in [0, 0.1) is 0 Å². The molecule has 6 heteroatoms. The monoisotopic (exact) mass is 284 g/mol. The average Bonchev–Trinajstić information content (AvgIpc) is 2.85. The first kappa shape index (κ1) is 15.7. The molecule has 0 saturated heterocycles. The molecule has 1 aromatic heterocycles. The molecule has 3 N–H and O–H groups in total. The van der Waals surface area contributed by atoms with Gasteiger partial charge in [0.25, 0.3) is 0 Å². The van der Waals surface area contributed by atoms with Crippen LogP contribution in [0.25, 0.3) is 0 Å². The smallest absolute Gasteiger partial charge is 0.350 e.